The van der Waals surface area contributed by atoms with Gasteiger partial charge in [-0.25, -0.2) is 4.79 Å². The predicted molar refractivity (Wildman–Crippen MR) is 210 cm³/mol. The normalized spacial score (nSPS) is 16.5. The van der Waals surface area contributed by atoms with E-state index in [-0.39, 0.29) is 39.1 Å². The molecular formula is C45H64O9. The molecule has 0 amide bonds. The molecule has 0 aliphatic heterocycles. The van der Waals surface area contributed by atoms with Crippen molar-refractivity contribution in [2.75, 3.05) is 19.8 Å². The Balaban J connectivity index is 1.72. The van der Waals surface area contributed by atoms with Crippen LogP contribution in [-0.4, -0.2) is 50.2 Å². The number of unbranched alkanes of at least 4 members (excludes halogenated alkanes) is 3. The van der Waals surface area contributed by atoms with E-state index in [1.54, 1.807) is 34.6 Å². The van der Waals surface area contributed by atoms with Crippen LogP contribution in [0, 0.1) is 52.8 Å². The molecule has 0 N–H and O–H groups in total. The Kier molecular flexibility index (Phi) is 20.0. The highest BCUT2D eigenvalue weighted by atomic mass is 16.8. The van der Waals surface area contributed by atoms with Crippen molar-refractivity contribution in [2.24, 2.45) is 28.1 Å². The lowest BCUT2D eigenvalue weighted by Gasteiger charge is -2.31. The van der Waals surface area contributed by atoms with Crippen LogP contribution in [0.5, 0.6) is 0 Å². The molecule has 0 saturated heterocycles. The average Bonchev–Trinajstić information content (AvgIpc) is 3.57. The zero-order valence-corrected chi connectivity index (χ0v) is 33.6. The summed E-state index contributed by atoms with van der Waals surface area (Å²) in [6.07, 6.45) is 26.1. The number of hydrogen-bond donors (Lipinski definition) is 0. The number of esters is 3. The van der Waals surface area contributed by atoms with Crippen LogP contribution in [0.4, 0.5) is 4.79 Å². The van der Waals surface area contributed by atoms with Gasteiger partial charge in [0.25, 0.3) is 0 Å². The van der Waals surface area contributed by atoms with Crippen molar-refractivity contribution in [2.45, 2.75) is 138 Å². The van der Waals surface area contributed by atoms with E-state index >= 15 is 0 Å². The lowest BCUT2D eigenvalue weighted by Crippen LogP contribution is -2.40. The number of aryl methyl sites for hydroxylation is 1. The van der Waals surface area contributed by atoms with E-state index in [9.17, 15) is 19.2 Å². The van der Waals surface area contributed by atoms with E-state index in [4.69, 9.17) is 36.5 Å². The fourth-order valence-electron chi connectivity index (χ4n) is 6.43. The Morgan fingerprint density at radius 2 is 1.37 bits per heavy atom. The van der Waals surface area contributed by atoms with Crippen molar-refractivity contribution in [1.82, 2.24) is 0 Å². The van der Waals surface area contributed by atoms with Gasteiger partial charge in [-0.3, -0.25) is 14.4 Å². The van der Waals surface area contributed by atoms with Crippen molar-refractivity contribution in [3.8, 4) is 24.7 Å². The number of terminal acetylenes is 2. The molecule has 0 heterocycles. The Hall–Kier alpha value is -4.24. The first kappa shape index (κ1) is 45.9. The summed E-state index contributed by atoms with van der Waals surface area (Å²) >= 11 is 0. The van der Waals surface area contributed by atoms with Crippen molar-refractivity contribution in [3.05, 3.63) is 48.0 Å². The third-order valence-electron chi connectivity index (χ3n) is 9.95. The molecule has 54 heavy (non-hydrogen) atoms. The molecule has 1 unspecified atom stereocenters. The van der Waals surface area contributed by atoms with Gasteiger partial charge in [0, 0.05) is 26.2 Å². The first-order chi connectivity index (χ1) is 25.6. The van der Waals surface area contributed by atoms with E-state index < -0.39 is 46.6 Å². The number of rotatable bonds is 24. The Bertz CT molecular complexity index is 1380. The maximum atomic E-state index is 12.7. The number of hydrogen-bond acceptors (Lipinski definition) is 9. The quantitative estimate of drug-likeness (QED) is 0.0255. The van der Waals surface area contributed by atoms with Gasteiger partial charge < -0.3 is 23.7 Å². The summed E-state index contributed by atoms with van der Waals surface area (Å²) < 4.78 is 26.7. The fraction of sp³-hybridized carbons (Fsp3) is 0.644. The van der Waals surface area contributed by atoms with E-state index in [0.29, 0.717) is 6.42 Å². The van der Waals surface area contributed by atoms with E-state index in [1.807, 2.05) is 0 Å². The van der Waals surface area contributed by atoms with Crippen LogP contribution in [0.2, 0.25) is 0 Å². The molecule has 1 fully saturated rings. The van der Waals surface area contributed by atoms with Crippen LogP contribution in [0.3, 0.4) is 0 Å². The lowest BCUT2D eigenvalue weighted by atomic mass is 9.88. The van der Waals surface area contributed by atoms with Gasteiger partial charge in [-0.1, -0.05) is 74.6 Å². The molecule has 9 heteroatoms. The van der Waals surface area contributed by atoms with Crippen LogP contribution in [-0.2, 0) is 44.5 Å². The Labute approximate surface area is 324 Å². The molecule has 3 atom stereocenters. The maximum Gasteiger partial charge on any atom is 0.511 e. The number of benzene rings is 1. The minimum Gasteiger partial charge on any atom is -0.464 e. The molecule has 1 saturated carbocycles. The summed E-state index contributed by atoms with van der Waals surface area (Å²) in [5.74, 6) is 4.88. The van der Waals surface area contributed by atoms with Crippen molar-refractivity contribution < 1.29 is 42.9 Å². The molecular weight excluding hydrogens is 684 g/mol. The third-order valence-corrected chi connectivity index (χ3v) is 9.95. The van der Waals surface area contributed by atoms with Crippen LogP contribution in [0.15, 0.2) is 42.5 Å². The van der Waals surface area contributed by atoms with Gasteiger partial charge >= 0.3 is 24.1 Å². The standard InChI is InChI=1S/C45H64O9/c1-9-30-43(4,5)40(47)50-32-45(8,33-51-41(48)44(6,7)31-10-2)34-52-42(49)54-35(3)53-39(46)29-20-12-11-18-25-37-27-21-28-38(37)26-19-14-17-24-36-22-15-13-16-23-36/h1-2,11,13,15-16,18,22-23,35,37-38H,12,14,17,19-21,24-34H2,3-8H3/b18-11-/t35?,37-,38-/m0/s1. The molecule has 0 bridgehead atoms. The van der Waals surface area contributed by atoms with Crippen molar-refractivity contribution >= 4 is 24.1 Å². The molecule has 0 spiro atoms. The van der Waals surface area contributed by atoms with Gasteiger partial charge in [-0.05, 0) is 90.5 Å². The molecule has 1 aliphatic carbocycles. The number of carbonyl (C=O) groups is 4. The molecule has 1 aromatic rings. The summed E-state index contributed by atoms with van der Waals surface area (Å²) in [5.41, 5.74) is -1.61. The monoisotopic (exact) mass is 748 g/mol. The summed E-state index contributed by atoms with van der Waals surface area (Å²) in [7, 11) is 0. The molecule has 2 rings (SSSR count). The summed E-state index contributed by atoms with van der Waals surface area (Å²) in [4.78, 5) is 50.4. The maximum absolute atomic E-state index is 12.7. The largest absolute Gasteiger partial charge is 0.511 e. The first-order valence-electron chi connectivity index (χ1n) is 19.5. The average molecular weight is 749 g/mol. The van der Waals surface area contributed by atoms with Crippen LogP contribution in [0.25, 0.3) is 0 Å². The van der Waals surface area contributed by atoms with Gasteiger partial charge in [0.05, 0.1) is 16.2 Å². The van der Waals surface area contributed by atoms with Gasteiger partial charge in [0.2, 0.25) is 6.29 Å². The van der Waals surface area contributed by atoms with Crippen LogP contribution < -0.4 is 0 Å². The molecule has 9 nitrogen and oxygen atoms in total. The second kappa shape index (κ2) is 23.5. The Morgan fingerprint density at radius 3 is 1.98 bits per heavy atom. The Morgan fingerprint density at radius 1 is 0.778 bits per heavy atom. The predicted octanol–water partition coefficient (Wildman–Crippen LogP) is 9.56. The lowest BCUT2D eigenvalue weighted by molar-refractivity contribution is -0.170. The highest BCUT2D eigenvalue weighted by Crippen LogP contribution is 2.38. The number of ether oxygens (including phenoxy) is 5. The second-order valence-corrected chi connectivity index (χ2v) is 16.3. The van der Waals surface area contributed by atoms with Gasteiger partial charge in [0.1, 0.15) is 19.8 Å². The van der Waals surface area contributed by atoms with Gasteiger partial charge in [0.15, 0.2) is 0 Å². The number of carbonyl (C=O) groups excluding carboxylic acids is 4. The second-order valence-electron chi connectivity index (χ2n) is 16.3. The fourth-order valence-corrected chi connectivity index (χ4v) is 6.43. The molecule has 1 aliphatic rings. The van der Waals surface area contributed by atoms with Crippen LogP contribution in [0.1, 0.15) is 131 Å². The van der Waals surface area contributed by atoms with Crippen LogP contribution >= 0.6 is 0 Å². The van der Waals surface area contributed by atoms with Crippen molar-refractivity contribution in [3.63, 3.8) is 0 Å². The molecule has 0 aromatic heterocycles. The summed E-state index contributed by atoms with van der Waals surface area (Å²) in [5, 5.41) is 0. The zero-order chi connectivity index (χ0) is 40.0. The minimum atomic E-state index is -1.19. The molecule has 1 aromatic carbocycles. The van der Waals surface area contributed by atoms with E-state index in [0.717, 1.165) is 31.1 Å². The van der Waals surface area contributed by atoms with Crippen molar-refractivity contribution in [1.29, 1.82) is 0 Å². The van der Waals surface area contributed by atoms with E-state index in [2.05, 4.69) is 54.3 Å². The molecule has 298 valence electrons. The summed E-state index contributed by atoms with van der Waals surface area (Å²) in [6.45, 7) is 8.86. The minimum absolute atomic E-state index is 0.158. The van der Waals surface area contributed by atoms with Gasteiger partial charge in [-0.15, -0.1) is 24.7 Å². The zero-order valence-electron chi connectivity index (χ0n) is 33.6. The third kappa shape index (κ3) is 17.7. The first-order valence-corrected chi connectivity index (χ1v) is 19.5. The molecule has 0 radical (unpaired) electrons. The SMILES string of the molecule is C#CCC(C)(C)C(=O)OCC(C)(COC(=O)OC(C)OC(=O)CCC/C=C\C[C@H]1CCC[C@@H]1CCCCCc1ccccc1)COC(=O)C(C)(C)CC#C. The summed E-state index contributed by atoms with van der Waals surface area (Å²) in [6, 6.07) is 10.7. The topological polar surface area (TPSA) is 114 Å². The highest BCUT2D eigenvalue weighted by molar-refractivity contribution is 5.77. The van der Waals surface area contributed by atoms with Gasteiger partial charge in [-0.2, -0.15) is 0 Å². The highest BCUT2D eigenvalue weighted by Gasteiger charge is 2.37. The smallest absolute Gasteiger partial charge is 0.464 e. The number of allylic oxidation sites excluding steroid dienone is 2. The van der Waals surface area contributed by atoms with E-state index in [1.165, 1.54) is 57.4 Å².